The molecule has 1 aliphatic heterocycles. The number of carbonyl (C=O) groups is 2. The summed E-state index contributed by atoms with van der Waals surface area (Å²) in [6.07, 6.45) is 0.461. The highest BCUT2D eigenvalue weighted by atomic mass is 16.5. The maximum atomic E-state index is 12.2. The average Bonchev–Trinajstić information content (AvgIpc) is 2.90. The van der Waals surface area contributed by atoms with Gasteiger partial charge in [-0.2, -0.15) is 0 Å². The third-order valence-electron chi connectivity index (χ3n) is 4.07. The molecule has 0 saturated heterocycles. The molecule has 0 fully saturated rings. The molecule has 1 atom stereocenters. The normalized spacial score (nSPS) is 17.2. The Kier molecular flexibility index (Phi) is 3.75. The van der Waals surface area contributed by atoms with Crippen molar-refractivity contribution in [2.75, 3.05) is 13.7 Å². The molecule has 2 amide bonds. The quantitative estimate of drug-likeness (QED) is 0.831. The Hall–Kier alpha value is -2.50. The second-order valence-electron chi connectivity index (χ2n) is 5.33. The highest BCUT2D eigenvalue weighted by molar-refractivity contribution is 5.89. The average molecular weight is 301 g/mol. The zero-order chi connectivity index (χ0) is 15.7. The van der Waals surface area contributed by atoms with Crippen molar-refractivity contribution >= 4 is 22.9 Å². The molecular weight excluding hydrogens is 282 g/mol. The van der Waals surface area contributed by atoms with Gasteiger partial charge in [0.05, 0.1) is 13.7 Å². The van der Waals surface area contributed by atoms with Gasteiger partial charge in [0.15, 0.2) is 0 Å². The molecule has 0 spiro atoms. The number of fused-ring (bicyclic) bond motifs is 3. The van der Waals surface area contributed by atoms with Crippen molar-refractivity contribution in [1.29, 1.82) is 0 Å². The number of hydrogen-bond donors (Lipinski definition) is 2. The van der Waals surface area contributed by atoms with Gasteiger partial charge in [-0.3, -0.25) is 0 Å². The summed E-state index contributed by atoms with van der Waals surface area (Å²) in [7, 11) is 1.35. The Morgan fingerprint density at radius 2 is 2.18 bits per heavy atom. The van der Waals surface area contributed by atoms with E-state index in [1.54, 1.807) is 0 Å². The minimum absolute atomic E-state index is 0.248. The molecule has 0 aliphatic carbocycles. The van der Waals surface area contributed by atoms with Crippen molar-refractivity contribution in [3.05, 3.63) is 35.5 Å². The molecule has 1 aromatic heterocycles. The van der Waals surface area contributed by atoms with Gasteiger partial charge < -0.3 is 19.9 Å². The van der Waals surface area contributed by atoms with E-state index < -0.39 is 6.04 Å². The number of H-pyrrole nitrogens is 1. The van der Waals surface area contributed by atoms with Gasteiger partial charge in [-0.25, -0.2) is 9.59 Å². The summed E-state index contributed by atoms with van der Waals surface area (Å²) in [5.74, 6) is -0.387. The highest BCUT2D eigenvalue weighted by Gasteiger charge is 2.36. The van der Waals surface area contributed by atoms with Crippen LogP contribution in [0.3, 0.4) is 0 Å². The van der Waals surface area contributed by atoms with Gasteiger partial charge in [0.1, 0.15) is 6.04 Å². The van der Waals surface area contributed by atoms with Crippen molar-refractivity contribution in [2.24, 2.45) is 0 Å². The number of rotatable bonds is 2. The fraction of sp³-hybridized carbons (Fsp3) is 0.375. The van der Waals surface area contributed by atoms with Crippen LogP contribution in [0.4, 0.5) is 4.79 Å². The van der Waals surface area contributed by atoms with E-state index in [1.807, 2.05) is 31.2 Å². The third kappa shape index (κ3) is 2.30. The van der Waals surface area contributed by atoms with Gasteiger partial charge in [0, 0.05) is 29.6 Å². The van der Waals surface area contributed by atoms with Crippen molar-refractivity contribution in [1.82, 2.24) is 15.2 Å². The van der Waals surface area contributed by atoms with E-state index in [9.17, 15) is 9.59 Å². The summed E-state index contributed by atoms with van der Waals surface area (Å²) in [4.78, 5) is 29.2. The number of carbonyl (C=O) groups excluding carboxylic acids is 2. The molecule has 1 aliphatic rings. The molecule has 3 rings (SSSR count). The lowest BCUT2D eigenvalue weighted by Crippen LogP contribution is -2.52. The lowest BCUT2D eigenvalue weighted by atomic mass is 9.97. The number of urea groups is 1. The Bertz CT molecular complexity index is 722. The molecule has 0 saturated carbocycles. The number of esters is 1. The number of ether oxygens (including phenoxy) is 1. The van der Waals surface area contributed by atoms with E-state index in [1.165, 1.54) is 12.0 Å². The van der Waals surface area contributed by atoms with Crippen molar-refractivity contribution in [3.63, 3.8) is 0 Å². The molecule has 0 radical (unpaired) electrons. The van der Waals surface area contributed by atoms with Crippen LogP contribution in [0.15, 0.2) is 24.3 Å². The number of benzene rings is 1. The van der Waals surface area contributed by atoms with Crippen LogP contribution in [0, 0.1) is 0 Å². The van der Waals surface area contributed by atoms with E-state index in [-0.39, 0.29) is 12.0 Å². The third-order valence-corrected chi connectivity index (χ3v) is 4.07. The first-order valence-electron chi connectivity index (χ1n) is 7.36. The maximum absolute atomic E-state index is 12.2. The van der Waals surface area contributed by atoms with E-state index in [0.717, 1.165) is 22.2 Å². The molecule has 2 N–H and O–H groups in total. The summed E-state index contributed by atoms with van der Waals surface area (Å²) in [6.45, 7) is 2.74. The summed E-state index contributed by atoms with van der Waals surface area (Å²) in [5, 5.41) is 3.85. The molecule has 6 nitrogen and oxygen atoms in total. The van der Waals surface area contributed by atoms with Gasteiger partial charge in [0.2, 0.25) is 0 Å². The summed E-state index contributed by atoms with van der Waals surface area (Å²) >= 11 is 0. The summed E-state index contributed by atoms with van der Waals surface area (Å²) in [6, 6.07) is 7.12. The monoisotopic (exact) mass is 301 g/mol. The first-order chi connectivity index (χ1) is 10.7. The van der Waals surface area contributed by atoms with Gasteiger partial charge in [0.25, 0.3) is 0 Å². The number of nitrogens with zero attached hydrogens (tertiary/aromatic N) is 1. The van der Waals surface area contributed by atoms with E-state index in [4.69, 9.17) is 4.74 Å². The lowest BCUT2D eigenvalue weighted by Gasteiger charge is -2.33. The van der Waals surface area contributed by atoms with E-state index in [2.05, 4.69) is 10.3 Å². The molecule has 116 valence electrons. The Balaban J connectivity index is 2.02. The van der Waals surface area contributed by atoms with Gasteiger partial charge in [-0.1, -0.05) is 18.2 Å². The lowest BCUT2D eigenvalue weighted by molar-refractivity contribution is -0.146. The fourth-order valence-corrected chi connectivity index (χ4v) is 3.02. The molecule has 0 bridgehead atoms. The Labute approximate surface area is 128 Å². The number of hydrogen-bond acceptors (Lipinski definition) is 3. The number of aromatic amines is 1. The zero-order valence-corrected chi connectivity index (χ0v) is 12.7. The molecule has 1 aromatic carbocycles. The Morgan fingerprint density at radius 1 is 1.41 bits per heavy atom. The number of methoxy groups -OCH3 is 1. The number of aromatic nitrogens is 1. The van der Waals surface area contributed by atoms with Crippen LogP contribution in [0.5, 0.6) is 0 Å². The van der Waals surface area contributed by atoms with E-state index >= 15 is 0 Å². The first-order valence-corrected chi connectivity index (χ1v) is 7.36. The van der Waals surface area contributed by atoms with Crippen LogP contribution >= 0.6 is 0 Å². The molecule has 22 heavy (non-hydrogen) atoms. The van der Waals surface area contributed by atoms with Crippen LogP contribution < -0.4 is 5.32 Å². The van der Waals surface area contributed by atoms with Crippen LogP contribution in [0.2, 0.25) is 0 Å². The van der Waals surface area contributed by atoms with Gasteiger partial charge in [-0.15, -0.1) is 0 Å². The second-order valence-corrected chi connectivity index (χ2v) is 5.33. The topological polar surface area (TPSA) is 74.4 Å². The standard InChI is InChI=1S/C16H19N3O3/c1-3-17-16(21)19-9-13-11(8-14(19)15(20)22-2)10-6-4-5-7-12(10)18-13/h4-7,14,18H,3,8-9H2,1-2H3,(H,17,21)/t14-/m1/s1. The summed E-state index contributed by atoms with van der Waals surface area (Å²) < 4.78 is 4.88. The second kappa shape index (κ2) is 5.71. The molecule has 6 heteroatoms. The molecule has 0 unspecified atom stereocenters. The fourth-order valence-electron chi connectivity index (χ4n) is 3.02. The SMILES string of the molecule is CCNC(=O)N1Cc2[nH]c3ccccc3c2C[C@@H]1C(=O)OC. The maximum Gasteiger partial charge on any atom is 0.329 e. The van der Waals surface area contributed by atoms with Crippen molar-refractivity contribution in [3.8, 4) is 0 Å². The van der Waals surface area contributed by atoms with E-state index in [0.29, 0.717) is 19.5 Å². The van der Waals surface area contributed by atoms with Crippen LogP contribution in [-0.2, 0) is 22.5 Å². The highest BCUT2D eigenvalue weighted by Crippen LogP contribution is 2.30. The Morgan fingerprint density at radius 3 is 2.91 bits per heavy atom. The predicted octanol–water partition coefficient (Wildman–Crippen LogP) is 1.80. The summed E-state index contributed by atoms with van der Waals surface area (Å²) in [5.41, 5.74) is 3.09. The first kappa shape index (κ1) is 14.4. The van der Waals surface area contributed by atoms with Crippen molar-refractivity contribution < 1.29 is 14.3 Å². The molecule has 2 aromatic rings. The number of nitrogens with one attached hydrogen (secondary N) is 2. The minimum Gasteiger partial charge on any atom is -0.467 e. The zero-order valence-electron chi connectivity index (χ0n) is 12.7. The van der Waals surface area contributed by atoms with Crippen molar-refractivity contribution in [2.45, 2.75) is 25.9 Å². The number of para-hydroxylation sites is 1. The minimum atomic E-state index is -0.594. The van der Waals surface area contributed by atoms with Gasteiger partial charge in [-0.05, 0) is 18.6 Å². The largest absolute Gasteiger partial charge is 0.467 e. The smallest absolute Gasteiger partial charge is 0.329 e. The van der Waals surface area contributed by atoms with Crippen LogP contribution in [-0.4, -0.2) is 41.6 Å². The molecular formula is C16H19N3O3. The molecule has 2 heterocycles. The number of amides is 2. The van der Waals surface area contributed by atoms with Gasteiger partial charge >= 0.3 is 12.0 Å². The predicted molar refractivity (Wildman–Crippen MR) is 82.4 cm³/mol. The van der Waals surface area contributed by atoms with Crippen LogP contribution in [0.1, 0.15) is 18.2 Å². The van der Waals surface area contributed by atoms with Crippen LogP contribution in [0.25, 0.3) is 10.9 Å².